The van der Waals surface area contributed by atoms with Crippen LogP contribution in [0.1, 0.15) is 13.8 Å². The Kier molecular flexibility index (Phi) is 5.30. The van der Waals surface area contributed by atoms with Gasteiger partial charge in [0.05, 0.1) is 11.0 Å². The summed E-state index contributed by atoms with van der Waals surface area (Å²) in [7, 11) is 3.92. The number of aromatic nitrogens is 2. The Labute approximate surface area is 130 Å². The predicted octanol–water partition coefficient (Wildman–Crippen LogP) is 2.50. The first kappa shape index (κ1) is 15.8. The highest BCUT2D eigenvalue weighted by atomic mass is 15.3. The van der Waals surface area contributed by atoms with E-state index in [1.807, 2.05) is 86.1 Å². The lowest BCUT2D eigenvalue weighted by atomic mass is 10.2. The summed E-state index contributed by atoms with van der Waals surface area (Å²) in [6.07, 6.45) is 7.70. The van der Waals surface area contributed by atoms with Crippen LogP contribution in [0.3, 0.4) is 0 Å². The normalized spacial score (nSPS) is 12.1. The van der Waals surface area contributed by atoms with E-state index in [-0.39, 0.29) is 5.92 Å². The van der Waals surface area contributed by atoms with Crippen LogP contribution in [0.2, 0.25) is 0 Å². The molecule has 0 fully saturated rings. The highest BCUT2D eigenvalue weighted by Crippen LogP contribution is 2.10. The van der Waals surface area contributed by atoms with Crippen molar-refractivity contribution in [1.29, 1.82) is 0 Å². The van der Waals surface area contributed by atoms with Crippen LogP contribution in [0, 0.1) is 5.92 Å². The summed E-state index contributed by atoms with van der Waals surface area (Å²) < 4.78 is 3.89. The molecule has 0 radical (unpaired) electrons. The third-order valence-electron chi connectivity index (χ3n) is 2.97. The van der Waals surface area contributed by atoms with Gasteiger partial charge in [0.15, 0.2) is 18.2 Å². The highest BCUT2D eigenvalue weighted by Gasteiger charge is 2.04. The highest BCUT2D eigenvalue weighted by molar-refractivity contribution is 5.84. The summed E-state index contributed by atoms with van der Waals surface area (Å²) in [5, 5.41) is 17.7. The van der Waals surface area contributed by atoms with Gasteiger partial charge in [-0.2, -0.15) is 0 Å². The third-order valence-corrected chi connectivity index (χ3v) is 2.97. The SMILES string of the molecule is CC(C)C(N=Nc1cc[n+](C)cc1)=NN=c1ccn(C)cc1. The van der Waals surface area contributed by atoms with Gasteiger partial charge in [-0.3, -0.25) is 0 Å². The molecule has 6 nitrogen and oxygen atoms in total. The van der Waals surface area contributed by atoms with Crippen molar-refractivity contribution in [3.8, 4) is 0 Å². The molecule has 2 aromatic rings. The summed E-state index contributed by atoms with van der Waals surface area (Å²) in [5.74, 6) is 0.744. The zero-order chi connectivity index (χ0) is 15.9. The number of amidine groups is 1. The lowest BCUT2D eigenvalue weighted by molar-refractivity contribution is -0.671. The Morgan fingerprint density at radius 3 is 2.32 bits per heavy atom. The molecule has 2 heterocycles. The molecule has 22 heavy (non-hydrogen) atoms. The maximum absolute atomic E-state index is 4.22. The molecule has 6 heteroatoms. The number of pyridine rings is 2. The van der Waals surface area contributed by atoms with Gasteiger partial charge in [-0.25, -0.2) is 4.57 Å². The Hall–Kier alpha value is -2.63. The molecule has 2 rings (SSSR count). The smallest absolute Gasteiger partial charge is 0.175 e. The molecule has 0 saturated carbocycles. The van der Waals surface area contributed by atoms with Crippen molar-refractivity contribution in [2.24, 2.45) is 40.4 Å². The molecule has 0 aliphatic rings. The number of hydrogen-bond acceptors (Lipinski definition) is 3. The van der Waals surface area contributed by atoms with Gasteiger partial charge >= 0.3 is 0 Å². The predicted molar refractivity (Wildman–Crippen MR) is 85.4 cm³/mol. The molecule has 0 amide bonds. The summed E-state index contributed by atoms with van der Waals surface area (Å²) in [4.78, 5) is 0. The Morgan fingerprint density at radius 2 is 1.73 bits per heavy atom. The lowest BCUT2D eigenvalue weighted by Crippen LogP contribution is -2.25. The summed E-state index contributed by atoms with van der Waals surface area (Å²) in [5.41, 5.74) is 0.790. The van der Waals surface area contributed by atoms with Crippen LogP contribution in [0.25, 0.3) is 0 Å². The lowest BCUT2D eigenvalue weighted by Gasteiger charge is -2.00. The molecule has 0 spiro atoms. The molecule has 0 atom stereocenters. The van der Waals surface area contributed by atoms with Crippen molar-refractivity contribution in [3.05, 3.63) is 54.4 Å². The van der Waals surface area contributed by atoms with Gasteiger partial charge in [0.1, 0.15) is 7.05 Å². The molecule has 2 aromatic heterocycles. The maximum atomic E-state index is 4.22. The van der Waals surface area contributed by atoms with E-state index in [0.717, 1.165) is 11.0 Å². The van der Waals surface area contributed by atoms with Crippen LogP contribution >= 0.6 is 0 Å². The first-order valence-corrected chi connectivity index (χ1v) is 7.15. The standard InChI is InChI=1S/C16H21N6/c1-13(2)16(19-17-14-5-9-21(3)10-6-14)20-18-15-7-11-22(4)12-8-15/h5-13H,1-4H3/q+1. The van der Waals surface area contributed by atoms with Crippen LogP contribution in [0.15, 0.2) is 69.5 Å². The van der Waals surface area contributed by atoms with E-state index in [1.165, 1.54) is 0 Å². The van der Waals surface area contributed by atoms with E-state index in [4.69, 9.17) is 0 Å². The quantitative estimate of drug-likeness (QED) is 0.275. The van der Waals surface area contributed by atoms with Crippen molar-refractivity contribution in [3.63, 3.8) is 0 Å². The van der Waals surface area contributed by atoms with E-state index < -0.39 is 0 Å². The number of aryl methyl sites for hydroxylation is 2. The Balaban J connectivity index is 2.22. The van der Waals surface area contributed by atoms with Crippen LogP contribution in [0.5, 0.6) is 0 Å². The zero-order valence-electron chi connectivity index (χ0n) is 13.4. The molecule has 0 bridgehead atoms. The number of azo groups is 1. The zero-order valence-corrected chi connectivity index (χ0v) is 13.4. The molecule has 0 saturated heterocycles. The average molecular weight is 297 g/mol. The minimum Gasteiger partial charge on any atom is -0.357 e. The molecular weight excluding hydrogens is 276 g/mol. The van der Waals surface area contributed by atoms with Crippen molar-refractivity contribution in [2.45, 2.75) is 13.8 Å². The fourth-order valence-electron chi connectivity index (χ4n) is 1.59. The van der Waals surface area contributed by atoms with E-state index in [9.17, 15) is 0 Å². The molecule has 0 N–H and O–H groups in total. The Bertz CT molecular complexity index is 717. The van der Waals surface area contributed by atoms with Crippen molar-refractivity contribution < 1.29 is 4.57 Å². The minimum absolute atomic E-state index is 0.146. The van der Waals surface area contributed by atoms with Crippen molar-refractivity contribution in [1.82, 2.24) is 4.57 Å². The van der Waals surface area contributed by atoms with Crippen LogP contribution in [0.4, 0.5) is 5.69 Å². The number of rotatable bonds is 3. The summed E-state index contributed by atoms with van der Waals surface area (Å²) in [6.45, 7) is 4.03. The van der Waals surface area contributed by atoms with Gasteiger partial charge < -0.3 is 4.57 Å². The molecular formula is C16H21N6+. The van der Waals surface area contributed by atoms with Gasteiger partial charge in [0.25, 0.3) is 0 Å². The van der Waals surface area contributed by atoms with Crippen molar-refractivity contribution >= 4 is 11.5 Å². The molecule has 0 aromatic carbocycles. The number of nitrogens with zero attached hydrogens (tertiary/aromatic N) is 6. The van der Waals surface area contributed by atoms with Gasteiger partial charge in [-0.05, 0) is 12.1 Å². The first-order valence-electron chi connectivity index (χ1n) is 7.15. The monoisotopic (exact) mass is 297 g/mol. The van der Waals surface area contributed by atoms with E-state index in [2.05, 4.69) is 20.4 Å². The third kappa shape index (κ3) is 4.73. The van der Waals surface area contributed by atoms with Gasteiger partial charge in [-0.15, -0.1) is 20.4 Å². The molecule has 114 valence electrons. The maximum Gasteiger partial charge on any atom is 0.175 e. The van der Waals surface area contributed by atoms with Crippen molar-refractivity contribution in [2.75, 3.05) is 0 Å². The average Bonchev–Trinajstić information content (AvgIpc) is 2.50. The largest absolute Gasteiger partial charge is 0.357 e. The second-order valence-electron chi connectivity index (χ2n) is 5.36. The van der Waals surface area contributed by atoms with E-state index in [1.54, 1.807) is 0 Å². The summed E-state index contributed by atoms with van der Waals surface area (Å²) in [6, 6.07) is 7.59. The van der Waals surface area contributed by atoms with Gasteiger partial charge in [0, 0.05) is 37.5 Å². The molecule has 0 unspecified atom stereocenters. The first-order chi connectivity index (χ1) is 10.5. The van der Waals surface area contributed by atoms with Gasteiger partial charge in [0.2, 0.25) is 0 Å². The second kappa shape index (κ2) is 7.40. The summed E-state index contributed by atoms with van der Waals surface area (Å²) >= 11 is 0. The minimum atomic E-state index is 0.146. The van der Waals surface area contributed by atoms with Crippen LogP contribution in [-0.4, -0.2) is 10.4 Å². The fourth-order valence-corrected chi connectivity index (χ4v) is 1.59. The van der Waals surface area contributed by atoms with Gasteiger partial charge in [-0.1, -0.05) is 13.8 Å². The number of hydrogen-bond donors (Lipinski definition) is 0. The van der Waals surface area contributed by atoms with Crippen LogP contribution < -0.4 is 9.92 Å². The molecule has 0 aliphatic heterocycles. The van der Waals surface area contributed by atoms with Crippen LogP contribution in [-0.2, 0) is 14.1 Å². The second-order valence-corrected chi connectivity index (χ2v) is 5.36. The topological polar surface area (TPSA) is 58.2 Å². The fraction of sp³-hybridized carbons (Fsp3) is 0.312. The van der Waals surface area contributed by atoms with E-state index >= 15 is 0 Å². The van der Waals surface area contributed by atoms with E-state index in [0.29, 0.717) is 5.84 Å². The Morgan fingerprint density at radius 1 is 1.09 bits per heavy atom. The molecule has 0 aliphatic carbocycles.